The number of ether oxygens (including phenoxy) is 1. The number of aromatic nitrogens is 4. The summed E-state index contributed by atoms with van der Waals surface area (Å²) in [7, 11) is 1.50. The maximum absolute atomic E-state index is 13.1. The van der Waals surface area contributed by atoms with Gasteiger partial charge >= 0.3 is 12.0 Å². The molecular formula is C27H30N6O3. The number of carbonyl (C=O) groups excluding carboxylic acids is 1. The number of methoxy groups -OCH3 is 1. The molecule has 0 saturated carbocycles. The zero-order valence-electron chi connectivity index (χ0n) is 20.4. The molecule has 9 nitrogen and oxygen atoms in total. The first kappa shape index (κ1) is 24.9. The van der Waals surface area contributed by atoms with E-state index in [0.29, 0.717) is 36.3 Å². The minimum atomic E-state index is -0.712. The van der Waals surface area contributed by atoms with Gasteiger partial charge in [0, 0.05) is 23.5 Å². The lowest BCUT2D eigenvalue weighted by Crippen LogP contribution is -2.45. The lowest BCUT2D eigenvalue weighted by Gasteiger charge is -2.24. The molecule has 2 atom stereocenters. The molecule has 2 amide bonds. The number of hydrogen-bond donors (Lipinski definition) is 3. The summed E-state index contributed by atoms with van der Waals surface area (Å²) in [6.07, 6.45) is 11.9. The Morgan fingerprint density at radius 3 is 2.67 bits per heavy atom. The topological polar surface area (TPSA) is 114 Å². The smallest absolute Gasteiger partial charge is 0.320 e. The first-order valence-corrected chi connectivity index (χ1v) is 11.7. The van der Waals surface area contributed by atoms with Crippen LogP contribution in [0.15, 0.2) is 79.2 Å². The zero-order chi connectivity index (χ0) is 25.5. The molecule has 3 N–H and O–H groups in total. The molecule has 2 heterocycles. The van der Waals surface area contributed by atoms with E-state index in [2.05, 4.69) is 27.2 Å². The van der Waals surface area contributed by atoms with Gasteiger partial charge in [-0.3, -0.25) is 5.32 Å². The fourth-order valence-electron chi connectivity index (χ4n) is 3.95. The largest absolute Gasteiger partial charge is 0.467 e. The molecule has 1 aromatic carbocycles. The van der Waals surface area contributed by atoms with Gasteiger partial charge in [-0.15, -0.1) is 0 Å². The van der Waals surface area contributed by atoms with Crippen LogP contribution in [0.25, 0.3) is 16.9 Å². The van der Waals surface area contributed by atoms with Crippen LogP contribution in [0, 0.1) is 6.92 Å². The maximum Gasteiger partial charge on any atom is 0.320 e. The van der Waals surface area contributed by atoms with Crippen LogP contribution in [0.1, 0.15) is 24.8 Å². The number of urea groups is 1. The Labute approximate surface area is 210 Å². The Hall–Kier alpha value is -4.24. The van der Waals surface area contributed by atoms with E-state index in [9.17, 15) is 9.90 Å². The lowest BCUT2D eigenvalue weighted by atomic mass is 9.99. The highest BCUT2D eigenvalue weighted by atomic mass is 16.5. The van der Waals surface area contributed by atoms with Crippen LogP contribution in [0.3, 0.4) is 0 Å². The van der Waals surface area contributed by atoms with E-state index in [1.54, 1.807) is 17.1 Å². The van der Waals surface area contributed by atoms with E-state index >= 15 is 0 Å². The van der Waals surface area contributed by atoms with Crippen LogP contribution in [0.2, 0.25) is 0 Å². The quantitative estimate of drug-likeness (QED) is 0.494. The third-order valence-electron chi connectivity index (χ3n) is 5.95. The molecule has 186 valence electrons. The second-order valence-corrected chi connectivity index (χ2v) is 8.52. The molecule has 36 heavy (non-hydrogen) atoms. The van der Waals surface area contributed by atoms with Crippen molar-refractivity contribution in [1.29, 1.82) is 0 Å². The second-order valence-electron chi connectivity index (χ2n) is 8.52. The molecule has 0 radical (unpaired) electrons. The fraction of sp³-hybridized carbons (Fsp3) is 0.259. The minimum absolute atomic E-state index is 0.258. The number of para-hydroxylation sites is 1. The summed E-state index contributed by atoms with van der Waals surface area (Å²) in [6, 6.07) is 8.89. The summed E-state index contributed by atoms with van der Waals surface area (Å²) < 4.78 is 6.73. The van der Waals surface area contributed by atoms with Crippen molar-refractivity contribution in [3.63, 3.8) is 0 Å². The third kappa shape index (κ3) is 5.87. The predicted octanol–water partition coefficient (Wildman–Crippen LogP) is 4.35. The Kier molecular flexibility index (Phi) is 7.92. The van der Waals surface area contributed by atoms with Crippen molar-refractivity contribution >= 4 is 11.8 Å². The van der Waals surface area contributed by atoms with Crippen LogP contribution < -0.4 is 15.4 Å². The Balaban J connectivity index is 1.61. The SMILES string of the molecule is C=C1/C=C\C=C/C[C@@H](NC(=O)Nc2c(C)c(-c3cnc(OC)nc3)nn2-c2ccccc2)[C@H](O)CC1. The van der Waals surface area contributed by atoms with Crippen molar-refractivity contribution in [1.82, 2.24) is 25.1 Å². The number of allylic oxidation sites excluding steroid dienone is 4. The Bertz CT molecular complexity index is 1260. The highest BCUT2D eigenvalue weighted by Crippen LogP contribution is 2.30. The highest BCUT2D eigenvalue weighted by molar-refractivity contribution is 5.91. The van der Waals surface area contributed by atoms with E-state index in [0.717, 1.165) is 16.8 Å². The Morgan fingerprint density at radius 1 is 1.19 bits per heavy atom. The lowest BCUT2D eigenvalue weighted by molar-refractivity contribution is 0.123. The van der Waals surface area contributed by atoms with Crippen molar-refractivity contribution in [2.24, 2.45) is 0 Å². The van der Waals surface area contributed by atoms with Crippen LogP contribution in [0.4, 0.5) is 10.6 Å². The summed E-state index contributed by atoms with van der Waals surface area (Å²) >= 11 is 0. The third-order valence-corrected chi connectivity index (χ3v) is 5.95. The minimum Gasteiger partial charge on any atom is -0.467 e. The molecule has 9 heteroatoms. The van der Waals surface area contributed by atoms with Crippen LogP contribution in [-0.2, 0) is 0 Å². The standard InChI is InChI=1S/C27H30N6O3/c1-18-10-6-4-9-13-22(23(34)15-14-18)30-26(35)31-25-19(2)24(20-16-28-27(36-3)29-17-20)32-33(25)21-11-7-5-8-12-21/h4-12,16-17,22-23,34H,1,13-15H2,2-3H3,(H2,30,31,35)/b9-4-,10-6-/t22-,23-/m1/s1. The first-order chi connectivity index (χ1) is 17.5. The molecule has 0 aliphatic heterocycles. The summed E-state index contributed by atoms with van der Waals surface area (Å²) in [4.78, 5) is 21.5. The van der Waals surface area contributed by atoms with Gasteiger partial charge in [0.05, 0.1) is 24.9 Å². The molecule has 0 saturated heterocycles. The molecule has 1 aliphatic carbocycles. The van der Waals surface area contributed by atoms with Gasteiger partial charge < -0.3 is 15.2 Å². The number of hydrogen-bond acceptors (Lipinski definition) is 6. The van der Waals surface area contributed by atoms with Crippen molar-refractivity contribution in [3.8, 4) is 23.0 Å². The van der Waals surface area contributed by atoms with E-state index in [1.165, 1.54) is 7.11 Å². The molecular weight excluding hydrogens is 456 g/mol. The number of aliphatic hydroxyl groups excluding tert-OH is 1. The number of anilines is 1. The van der Waals surface area contributed by atoms with E-state index in [-0.39, 0.29) is 6.01 Å². The highest BCUT2D eigenvalue weighted by Gasteiger charge is 2.24. The number of amides is 2. The fourth-order valence-corrected chi connectivity index (χ4v) is 3.95. The number of benzene rings is 1. The van der Waals surface area contributed by atoms with Crippen LogP contribution >= 0.6 is 0 Å². The van der Waals surface area contributed by atoms with E-state index in [4.69, 9.17) is 9.84 Å². The number of carbonyl (C=O) groups is 1. The Morgan fingerprint density at radius 2 is 1.94 bits per heavy atom. The summed E-state index contributed by atoms with van der Waals surface area (Å²) in [5, 5.41) is 21.4. The second kappa shape index (κ2) is 11.5. The summed E-state index contributed by atoms with van der Waals surface area (Å²) in [6.45, 7) is 5.87. The first-order valence-electron chi connectivity index (χ1n) is 11.7. The summed E-state index contributed by atoms with van der Waals surface area (Å²) in [5.41, 5.74) is 3.77. The van der Waals surface area contributed by atoms with Gasteiger partial charge in [-0.1, -0.05) is 54.7 Å². The summed E-state index contributed by atoms with van der Waals surface area (Å²) in [5.74, 6) is 0.505. The number of aliphatic hydroxyl groups is 1. The van der Waals surface area contributed by atoms with Gasteiger partial charge in [-0.2, -0.15) is 5.10 Å². The zero-order valence-corrected chi connectivity index (χ0v) is 20.4. The normalized spacial score (nSPS) is 19.8. The van der Waals surface area contributed by atoms with Gasteiger partial charge in [0.2, 0.25) is 0 Å². The molecule has 3 aromatic rings. The molecule has 0 fully saturated rings. The van der Waals surface area contributed by atoms with Crippen molar-refractivity contribution in [3.05, 3.63) is 84.7 Å². The van der Waals surface area contributed by atoms with Crippen LogP contribution in [-0.4, -0.2) is 50.1 Å². The van der Waals surface area contributed by atoms with Crippen molar-refractivity contribution < 1.29 is 14.6 Å². The van der Waals surface area contributed by atoms with Gasteiger partial charge in [0.25, 0.3) is 0 Å². The molecule has 1 aliphatic rings. The number of nitrogens with one attached hydrogen (secondary N) is 2. The molecule has 4 rings (SSSR count). The van der Waals surface area contributed by atoms with Gasteiger partial charge in [-0.25, -0.2) is 19.4 Å². The van der Waals surface area contributed by atoms with Gasteiger partial charge in [0.15, 0.2) is 0 Å². The van der Waals surface area contributed by atoms with E-state index < -0.39 is 18.2 Å². The average Bonchev–Trinajstić information content (AvgIpc) is 3.22. The van der Waals surface area contributed by atoms with Crippen molar-refractivity contribution in [2.75, 3.05) is 12.4 Å². The molecule has 2 aromatic heterocycles. The average molecular weight is 487 g/mol. The number of nitrogens with zero attached hydrogens (tertiary/aromatic N) is 4. The number of rotatable bonds is 5. The molecule has 0 unspecified atom stereocenters. The molecule has 0 bridgehead atoms. The van der Waals surface area contributed by atoms with E-state index in [1.807, 2.05) is 61.6 Å². The van der Waals surface area contributed by atoms with Crippen LogP contribution in [0.5, 0.6) is 6.01 Å². The monoisotopic (exact) mass is 486 g/mol. The van der Waals surface area contributed by atoms with Gasteiger partial charge in [-0.05, 0) is 38.3 Å². The maximum atomic E-state index is 13.1. The molecule has 0 spiro atoms. The van der Waals surface area contributed by atoms with Crippen molar-refractivity contribution in [2.45, 2.75) is 38.3 Å². The predicted molar refractivity (Wildman–Crippen MR) is 139 cm³/mol. The van der Waals surface area contributed by atoms with Gasteiger partial charge in [0.1, 0.15) is 11.5 Å².